The molecule has 2 aromatic rings. The zero-order valence-corrected chi connectivity index (χ0v) is 11.2. The first-order chi connectivity index (χ1) is 9.10. The lowest BCUT2D eigenvalue weighted by molar-refractivity contribution is 0.290. The standard InChI is InChI=1S/C16H18FNO/c1-11-3-4-14(7-12(11)2)10-19-16-6-5-13(9-18)8-15(16)17/h3-8H,9-10,18H2,1-2H3. The molecule has 0 unspecified atom stereocenters. The highest BCUT2D eigenvalue weighted by Crippen LogP contribution is 2.20. The third-order valence-electron chi connectivity index (χ3n) is 3.20. The van der Waals surface area contributed by atoms with E-state index in [-0.39, 0.29) is 11.6 Å². The summed E-state index contributed by atoms with van der Waals surface area (Å²) in [4.78, 5) is 0. The van der Waals surface area contributed by atoms with Gasteiger partial charge < -0.3 is 10.5 Å². The highest BCUT2D eigenvalue weighted by Gasteiger charge is 2.05. The highest BCUT2D eigenvalue weighted by molar-refractivity contribution is 5.32. The van der Waals surface area contributed by atoms with E-state index in [0.29, 0.717) is 13.2 Å². The Labute approximate surface area is 113 Å². The lowest BCUT2D eigenvalue weighted by atomic mass is 10.1. The summed E-state index contributed by atoms with van der Waals surface area (Å²) in [7, 11) is 0. The topological polar surface area (TPSA) is 35.2 Å². The van der Waals surface area contributed by atoms with Gasteiger partial charge in [0.1, 0.15) is 6.61 Å². The minimum absolute atomic E-state index is 0.260. The fraction of sp³-hybridized carbons (Fsp3) is 0.250. The van der Waals surface area contributed by atoms with E-state index in [4.69, 9.17) is 10.5 Å². The fourth-order valence-electron chi connectivity index (χ4n) is 1.84. The van der Waals surface area contributed by atoms with Crippen LogP contribution in [0.25, 0.3) is 0 Å². The number of halogens is 1. The molecule has 2 rings (SSSR count). The summed E-state index contributed by atoms with van der Waals surface area (Å²) in [5.41, 5.74) is 9.70. The van der Waals surface area contributed by atoms with E-state index in [2.05, 4.69) is 19.9 Å². The molecule has 0 radical (unpaired) electrons. The van der Waals surface area contributed by atoms with Gasteiger partial charge in [-0.05, 0) is 48.2 Å². The molecule has 100 valence electrons. The van der Waals surface area contributed by atoms with Crippen LogP contribution in [-0.4, -0.2) is 0 Å². The summed E-state index contributed by atoms with van der Waals surface area (Å²) >= 11 is 0. The van der Waals surface area contributed by atoms with Crippen LogP contribution in [-0.2, 0) is 13.2 Å². The van der Waals surface area contributed by atoms with Crippen LogP contribution in [0.5, 0.6) is 5.75 Å². The van der Waals surface area contributed by atoms with Crippen LogP contribution in [0.1, 0.15) is 22.3 Å². The summed E-state index contributed by atoms with van der Waals surface area (Å²) in [6.45, 7) is 4.80. The molecule has 0 aliphatic rings. The lowest BCUT2D eigenvalue weighted by Gasteiger charge is -2.09. The molecule has 2 nitrogen and oxygen atoms in total. The average Bonchev–Trinajstić information content (AvgIpc) is 2.41. The van der Waals surface area contributed by atoms with Crippen molar-refractivity contribution in [1.29, 1.82) is 0 Å². The van der Waals surface area contributed by atoms with Crippen molar-refractivity contribution >= 4 is 0 Å². The van der Waals surface area contributed by atoms with Crippen LogP contribution in [0.15, 0.2) is 36.4 Å². The van der Waals surface area contributed by atoms with Crippen LogP contribution in [0.4, 0.5) is 4.39 Å². The summed E-state index contributed by atoms with van der Waals surface area (Å²) in [5, 5.41) is 0. The smallest absolute Gasteiger partial charge is 0.165 e. The predicted octanol–water partition coefficient (Wildman–Crippen LogP) is 3.48. The zero-order chi connectivity index (χ0) is 13.8. The molecule has 3 heteroatoms. The zero-order valence-electron chi connectivity index (χ0n) is 11.2. The molecule has 0 saturated carbocycles. The third-order valence-corrected chi connectivity index (χ3v) is 3.20. The highest BCUT2D eigenvalue weighted by atomic mass is 19.1. The van der Waals surface area contributed by atoms with E-state index in [9.17, 15) is 4.39 Å². The molecule has 0 heterocycles. The Balaban J connectivity index is 2.07. The van der Waals surface area contributed by atoms with Crippen molar-refractivity contribution in [3.63, 3.8) is 0 Å². The molecule has 0 spiro atoms. The van der Waals surface area contributed by atoms with Gasteiger partial charge in [0.2, 0.25) is 0 Å². The quantitative estimate of drug-likeness (QED) is 0.912. The fourth-order valence-corrected chi connectivity index (χ4v) is 1.84. The molecule has 0 aliphatic heterocycles. The lowest BCUT2D eigenvalue weighted by Crippen LogP contribution is -2.01. The molecule has 2 N–H and O–H groups in total. The molecule has 0 aliphatic carbocycles. The Hall–Kier alpha value is -1.87. The van der Waals surface area contributed by atoms with E-state index < -0.39 is 0 Å². The van der Waals surface area contributed by atoms with E-state index in [1.54, 1.807) is 12.1 Å². The Bertz CT molecular complexity index is 581. The molecule has 19 heavy (non-hydrogen) atoms. The second-order valence-electron chi connectivity index (χ2n) is 4.68. The Morgan fingerprint density at radius 3 is 2.37 bits per heavy atom. The molecule has 0 amide bonds. The third kappa shape index (κ3) is 3.32. The van der Waals surface area contributed by atoms with Crippen LogP contribution in [0, 0.1) is 19.7 Å². The van der Waals surface area contributed by atoms with Crippen molar-refractivity contribution in [2.45, 2.75) is 27.0 Å². The number of ether oxygens (including phenoxy) is 1. The van der Waals surface area contributed by atoms with Crippen LogP contribution < -0.4 is 10.5 Å². The van der Waals surface area contributed by atoms with Crippen LogP contribution >= 0.6 is 0 Å². The van der Waals surface area contributed by atoms with Crippen molar-refractivity contribution in [2.75, 3.05) is 0 Å². The summed E-state index contributed by atoms with van der Waals surface area (Å²) in [6.07, 6.45) is 0. The molecular formula is C16H18FNO. The Morgan fingerprint density at radius 1 is 1.00 bits per heavy atom. The summed E-state index contributed by atoms with van der Waals surface area (Å²) in [6, 6.07) is 10.9. The Morgan fingerprint density at radius 2 is 1.74 bits per heavy atom. The second kappa shape index (κ2) is 5.85. The van der Waals surface area contributed by atoms with Gasteiger partial charge in [0.05, 0.1) is 0 Å². The second-order valence-corrected chi connectivity index (χ2v) is 4.68. The number of benzene rings is 2. The van der Waals surface area contributed by atoms with Gasteiger partial charge in [-0.15, -0.1) is 0 Å². The molecule has 0 bridgehead atoms. The summed E-state index contributed by atoms with van der Waals surface area (Å²) in [5.74, 6) is -0.109. The van der Waals surface area contributed by atoms with E-state index in [1.807, 2.05) is 12.1 Å². The molecule has 0 atom stereocenters. The van der Waals surface area contributed by atoms with Crippen molar-refractivity contribution in [1.82, 2.24) is 0 Å². The van der Waals surface area contributed by atoms with Gasteiger partial charge in [-0.3, -0.25) is 0 Å². The first-order valence-corrected chi connectivity index (χ1v) is 6.27. The number of aryl methyl sites for hydroxylation is 2. The first kappa shape index (κ1) is 13.6. The number of hydrogen-bond donors (Lipinski definition) is 1. The molecule has 0 fully saturated rings. The van der Waals surface area contributed by atoms with Gasteiger partial charge in [-0.2, -0.15) is 0 Å². The monoisotopic (exact) mass is 259 g/mol. The van der Waals surface area contributed by atoms with Gasteiger partial charge in [0.15, 0.2) is 11.6 Å². The van der Waals surface area contributed by atoms with Gasteiger partial charge in [-0.1, -0.05) is 24.3 Å². The first-order valence-electron chi connectivity index (χ1n) is 6.27. The SMILES string of the molecule is Cc1ccc(COc2ccc(CN)cc2F)cc1C. The van der Waals surface area contributed by atoms with Crippen molar-refractivity contribution in [2.24, 2.45) is 5.73 Å². The molecule has 2 aromatic carbocycles. The average molecular weight is 259 g/mol. The van der Waals surface area contributed by atoms with Gasteiger partial charge in [0.25, 0.3) is 0 Å². The molecular weight excluding hydrogens is 241 g/mol. The minimum Gasteiger partial charge on any atom is -0.486 e. The predicted molar refractivity (Wildman–Crippen MR) is 74.5 cm³/mol. The number of hydrogen-bond acceptors (Lipinski definition) is 2. The maximum Gasteiger partial charge on any atom is 0.165 e. The van der Waals surface area contributed by atoms with Crippen molar-refractivity contribution in [3.8, 4) is 5.75 Å². The maximum atomic E-state index is 13.7. The van der Waals surface area contributed by atoms with Crippen LogP contribution in [0.2, 0.25) is 0 Å². The Kier molecular flexibility index (Phi) is 4.17. The molecule has 0 saturated heterocycles. The normalized spacial score (nSPS) is 10.5. The van der Waals surface area contributed by atoms with Crippen molar-refractivity contribution < 1.29 is 9.13 Å². The van der Waals surface area contributed by atoms with E-state index in [1.165, 1.54) is 17.2 Å². The number of rotatable bonds is 4. The van der Waals surface area contributed by atoms with Gasteiger partial charge in [-0.25, -0.2) is 4.39 Å². The van der Waals surface area contributed by atoms with Crippen LogP contribution in [0.3, 0.4) is 0 Å². The number of nitrogens with two attached hydrogens (primary N) is 1. The van der Waals surface area contributed by atoms with E-state index >= 15 is 0 Å². The van der Waals surface area contributed by atoms with Gasteiger partial charge in [0, 0.05) is 6.54 Å². The minimum atomic E-state index is -0.369. The van der Waals surface area contributed by atoms with Gasteiger partial charge >= 0.3 is 0 Å². The maximum absolute atomic E-state index is 13.7. The largest absolute Gasteiger partial charge is 0.486 e. The summed E-state index contributed by atoms with van der Waals surface area (Å²) < 4.78 is 19.2. The van der Waals surface area contributed by atoms with E-state index in [0.717, 1.165) is 11.1 Å². The van der Waals surface area contributed by atoms with Crippen molar-refractivity contribution in [3.05, 3.63) is 64.5 Å². The molecule has 0 aromatic heterocycles.